The van der Waals surface area contributed by atoms with Crippen LogP contribution >= 0.6 is 27.5 Å². The Balaban J connectivity index is 2.36. The molecule has 6 nitrogen and oxygen atoms in total. The molecular weight excluding hydrogens is 356 g/mol. The third kappa shape index (κ3) is 2.90. The Kier molecular flexibility index (Phi) is 3.84. The number of halogens is 2. The molecule has 0 aliphatic heterocycles. The second-order valence-electron chi connectivity index (χ2n) is 3.82. The Morgan fingerprint density at radius 1 is 1.42 bits per heavy atom. The zero-order valence-electron chi connectivity index (χ0n) is 10.1. The number of nitrogens with zero attached hydrogens (tertiary/aromatic N) is 3. The predicted molar refractivity (Wildman–Crippen MR) is 75.7 cm³/mol. The van der Waals surface area contributed by atoms with Crippen LogP contribution in [0.3, 0.4) is 0 Å². The summed E-state index contributed by atoms with van der Waals surface area (Å²) in [6.07, 6.45) is 1.33. The highest BCUT2D eigenvalue weighted by molar-refractivity contribution is 9.10. The van der Waals surface area contributed by atoms with E-state index in [0.717, 1.165) is 4.47 Å². The summed E-state index contributed by atoms with van der Waals surface area (Å²) in [4.78, 5) is 7.87. The minimum Gasteiger partial charge on any atom is -0.324 e. The number of anilines is 1. The van der Waals surface area contributed by atoms with Crippen LogP contribution in [-0.4, -0.2) is 23.0 Å². The summed E-state index contributed by atoms with van der Waals surface area (Å²) in [5, 5.41) is -0.180. The second kappa shape index (κ2) is 5.10. The summed E-state index contributed by atoms with van der Waals surface area (Å²) in [7, 11) is -2.24. The molecule has 2 aromatic rings. The van der Waals surface area contributed by atoms with E-state index in [4.69, 9.17) is 11.6 Å². The summed E-state index contributed by atoms with van der Waals surface area (Å²) in [6, 6.07) is 3.26. The number of hydrogen-bond donors (Lipinski definition) is 1. The first-order valence-electron chi connectivity index (χ1n) is 5.14. The molecule has 0 saturated carbocycles. The summed E-state index contributed by atoms with van der Waals surface area (Å²) < 4.78 is 28.8. The van der Waals surface area contributed by atoms with Gasteiger partial charge in [-0.2, -0.15) is 8.42 Å². The molecule has 0 atom stereocenters. The minimum atomic E-state index is -3.84. The van der Waals surface area contributed by atoms with Gasteiger partial charge in [0.05, 0.1) is 12.0 Å². The predicted octanol–water partition coefficient (Wildman–Crippen LogP) is 2.34. The van der Waals surface area contributed by atoms with E-state index in [1.807, 2.05) is 0 Å². The van der Waals surface area contributed by atoms with Gasteiger partial charge in [0.1, 0.15) is 11.0 Å². The minimum absolute atomic E-state index is 0.0429. The number of aromatic nitrogens is 3. The Hall–Kier alpha value is -1.12. The average Bonchev–Trinajstić information content (AvgIpc) is 2.65. The van der Waals surface area contributed by atoms with E-state index in [0.29, 0.717) is 5.69 Å². The maximum absolute atomic E-state index is 12.1. The molecule has 1 N–H and O–H groups in total. The van der Waals surface area contributed by atoms with Gasteiger partial charge in [0.2, 0.25) is 5.03 Å². The van der Waals surface area contributed by atoms with Crippen LogP contribution in [-0.2, 0) is 17.1 Å². The van der Waals surface area contributed by atoms with Crippen LogP contribution in [0.4, 0.5) is 5.82 Å². The van der Waals surface area contributed by atoms with E-state index in [1.165, 1.54) is 10.9 Å². The van der Waals surface area contributed by atoms with E-state index in [1.54, 1.807) is 26.1 Å². The van der Waals surface area contributed by atoms with Gasteiger partial charge in [0.15, 0.2) is 0 Å². The molecule has 9 heteroatoms. The Morgan fingerprint density at radius 2 is 2.11 bits per heavy atom. The van der Waals surface area contributed by atoms with Gasteiger partial charge in [-0.3, -0.25) is 4.72 Å². The fourth-order valence-corrected chi connectivity index (χ4v) is 3.02. The lowest BCUT2D eigenvalue weighted by Crippen LogP contribution is -2.15. The van der Waals surface area contributed by atoms with E-state index in [9.17, 15) is 8.42 Å². The molecule has 102 valence electrons. The van der Waals surface area contributed by atoms with Gasteiger partial charge in [-0.15, -0.1) is 0 Å². The van der Waals surface area contributed by atoms with Crippen molar-refractivity contribution in [2.24, 2.45) is 7.05 Å². The maximum Gasteiger partial charge on any atom is 0.283 e. The van der Waals surface area contributed by atoms with Crippen molar-refractivity contribution in [1.29, 1.82) is 0 Å². The first-order chi connectivity index (χ1) is 8.81. The van der Waals surface area contributed by atoms with Gasteiger partial charge in [-0.25, -0.2) is 9.97 Å². The van der Waals surface area contributed by atoms with Crippen molar-refractivity contribution in [2.75, 3.05) is 4.72 Å². The second-order valence-corrected chi connectivity index (χ2v) is 6.63. The summed E-state index contributed by atoms with van der Waals surface area (Å²) in [5.41, 5.74) is 0.673. The number of nitrogens with one attached hydrogen (secondary N) is 1. The van der Waals surface area contributed by atoms with Gasteiger partial charge in [0.25, 0.3) is 10.0 Å². The van der Waals surface area contributed by atoms with Gasteiger partial charge in [-0.05, 0) is 35.0 Å². The molecule has 0 bridgehead atoms. The quantitative estimate of drug-likeness (QED) is 0.905. The molecule has 0 unspecified atom stereocenters. The molecule has 2 heterocycles. The number of hydrogen-bond acceptors (Lipinski definition) is 4. The van der Waals surface area contributed by atoms with Gasteiger partial charge < -0.3 is 4.57 Å². The largest absolute Gasteiger partial charge is 0.324 e. The molecule has 0 aromatic carbocycles. The summed E-state index contributed by atoms with van der Waals surface area (Å²) in [6.45, 7) is 1.76. The number of rotatable bonds is 3. The van der Waals surface area contributed by atoms with Crippen LogP contribution in [0.2, 0.25) is 5.15 Å². The molecule has 0 fully saturated rings. The van der Waals surface area contributed by atoms with Crippen LogP contribution in [0.5, 0.6) is 0 Å². The Bertz CT molecular complexity index is 729. The molecule has 0 saturated heterocycles. The van der Waals surface area contributed by atoms with Crippen LogP contribution in [0.1, 0.15) is 5.69 Å². The van der Waals surface area contributed by atoms with E-state index in [-0.39, 0.29) is 16.0 Å². The number of aryl methyl sites for hydroxylation is 2. The average molecular weight is 366 g/mol. The highest BCUT2D eigenvalue weighted by Crippen LogP contribution is 2.22. The lowest BCUT2D eigenvalue weighted by Gasteiger charge is -2.07. The topological polar surface area (TPSA) is 76.9 Å². The molecule has 19 heavy (non-hydrogen) atoms. The Morgan fingerprint density at radius 3 is 2.63 bits per heavy atom. The smallest absolute Gasteiger partial charge is 0.283 e. The van der Waals surface area contributed by atoms with Crippen molar-refractivity contribution in [2.45, 2.75) is 11.9 Å². The molecule has 0 aliphatic rings. The molecule has 2 aromatic heterocycles. The lowest BCUT2D eigenvalue weighted by atomic mass is 10.4. The van der Waals surface area contributed by atoms with Crippen LogP contribution < -0.4 is 4.72 Å². The summed E-state index contributed by atoms with van der Waals surface area (Å²) >= 11 is 9.16. The van der Waals surface area contributed by atoms with E-state index < -0.39 is 10.0 Å². The number of pyridine rings is 1. The zero-order chi connectivity index (χ0) is 14.2. The first-order valence-corrected chi connectivity index (χ1v) is 7.79. The van der Waals surface area contributed by atoms with E-state index >= 15 is 0 Å². The van der Waals surface area contributed by atoms with Gasteiger partial charge in [0, 0.05) is 11.5 Å². The molecule has 0 amide bonds. The highest BCUT2D eigenvalue weighted by atomic mass is 79.9. The normalized spacial score (nSPS) is 11.6. The maximum atomic E-state index is 12.1. The van der Waals surface area contributed by atoms with Crippen molar-refractivity contribution in [3.8, 4) is 0 Å². The van der Waals surface area contributed by atoms with Crippen molar-refractivity contribution in [1.82, 2.24) is 14.5 Å². The molecular formula is C10H10BrClN4O2S. The van der Waals surface area contributed by atoms with Crippen LogP contribution in [0.25, 0.3) is 0 Å². The molecule has 0 radical (unpaired) electrons. The standard InChI is InChI=1S/C10H10BrClN4O2S/c1-6-7(11)3-4-8(14-6)15-19(17,18)10-9(12)16(2)5-13-10/h3-5H,1-2H3,(H,14,15). The third-order valence-electron chi connectivity index (χ3n) is 2.35. The van der Waals surface area contributed by atoms with E-state index in [2.05, 4.69) is 30.6 Å². The fraction of sp³-hybridized carbons (Fsp3) is 0.200. The Labute approximate surface area is 124 Å². The van der Waals surface area contributed by atoms with Crippen molar-refractivity contribution >= 4 is 43.4 Å². The summed E-state index contributed by atoms with van der Waals surface area (Å²) in [5.74, 6) is 0.211. The molecule has 2 rings (SSSR count). The third-order valence-corrected chi connectivity index (χ3v) is 5.03. The van der Waals surface area contributed by atoms with Crippen LogP contribution in [0.15, 0.2) is 28.0 Å². The molecule has 0 spiro atoms. The number of imidazole rings is 1. The SMILES string of the molecule is Cc1nc(NS(=O)(=O)c2ncn(C)c2Cl)ccc1Br. The van der Waals surface area contributed by atoms with Crippen molar-refractivity contribution < 1.29 is 8.42 Å². The zero-order valence-corrected chi connectivity index (χ0v) is 13.2. The monoisotopic (exact) mass is 364 g/mol. The molecule has 0 aliphatic carbocycles. The first kappa shape index (κ1) is 14.3. The van der Waals surface area contributed by atoms with Crippen molar-refractivity contribution in [3.63, 3.8) is 0 Å². The highest BCUT2D eigenvalue weighted by Gasteiger charge is 2.22. The van der Waals surface area contributed by atoms with Crippen molar-refractivity contribution in [3.05, 3.63) is 33.8 Å². The number of sulfonamides is 1. The fourth-order valence-electron chi connectivity index (χ4n) is 1.36. The van der Waals surface area contributed by atoms with Gasteiger partial charge >= 0.3 is 0 Å². The van der Waals surface area contributed by atoms with Gasteiger partial charge in [-0.1, -0.05) is 11.6 Å². The lowest BCUT2D eigenvalue weighted by molar-refractivity contribution is 0.598. The van der Waals surface area contributed by atoms with Crippen LogP contribution in [0, 0.1) is 6.92 Å².